The lowest BCUT2D eigenvalue weighted by Crippen LogP contribution is -2.31. The van der Waals surface area contributed by atoms with Gasteiger partial charge in [0.2, 0.25) is 11.7 Å². The number of amides is 1. The molecule has 3 aromatic rings. The van der Waals surface area contributed by atoms with Crippen molar-refractivity contribution < 1.29 is 4.79 Å². The Hall–Kier alpha value is -2.62. The molecule has 0 radical (unpaired) electrons. The van der Waals surface area contributed by atoms with Crippen molar-refractivity contribution in [1.29, 1.82) is 0 Å². The summed E-state index contributed by atoms with van der Waals surface area (Å²) in [6, 6.07) is 3.55. The summed E-state index contributed by atoms with van der Waals surface area (Å²) < 4.78 is 0. The van der Waals surface area contributed by atoms with Crippen LogP contribution in [0.4, 0.5) is 0 Å². The number of hydrogen-bond donors (Lipinski definition) is 2. The van der Waals surface area contributed by atoms with E-state index in [0.29, 0.717) is 11.6 Å². The number of nitrogens with zero attached hydrogens (tertiary/aromatic N) is 6. The van der Waals surface area contributed by atoms with Crippen molar-refractivity contribution in [3.63, 3.8) is 0 Å². The van der Waals surface area contributed by atoms with Crippen LogP contribution < -0.4 is 5.32 Å². The molecule has 0 aromatic carbocycles. The van der Waals surface area contributed by atoms with E-state index in [1.165, 1.54) is 22.5 Å². The van der Waals surface area contributed by atoms with E-state index >= 15 is 0 Å². The molecule has 0 aliphatic rings. The molecule has 0 fully saturated rings. The normalized spacial score (nSPS) is 12.2. The Morgan fingerprint density at radius 3 is 3.19 bits per heavy atom. The molecule has 0 aliphatic carbocycles. The van der Waals surface area contributed by atoms with Crippen LogP contribution in [0.1, 0.15) is 18.8 Å². The van der Waals surface area contributed by atoms with Crippen LogP contribution in [0.25, 0.3) is 10.7 Å². The highest BCUT2D eigenvalue weighted by Gasteiger charge is 2.14. The van der Waals surface area contributed by atoms with Gasteiger partial charge in [0.25, 0.3) is 0 Å². The minimum absolute atomic E-state index is 0.00312. The maximum Gasteiger partial charge on any atom is 0.244 e. The molecule has 1 unspecified atom stereocenters. The Labute approximate surface area is 123 Å². The predicted molar refractivity (Wildman–Crippen MR) is 74.1 cm³/mol. The van der Waals surface area contributed by atoms with Gasteiger partial charge in [-0.2, -0.15) is 9.90 Å². The van der Waals surface area contributed by atoms with Crippen molar-refractivity contribution >= 4 is 17.2 Å². The smallest absolute Gasteiger partial charge is 0.244 e. The molecule has 2 N–H and O–H groups in total. The van der Waals surface area contributed by atoms with E-state index in [9.17, 15) is 4.79 Å². The lowest BCUT2D eigenvalue weighted by atomic mass is 10.3. The number of carbonyl (C=O) groups is 1. The fourth-order valence-electron chi connectivity index (χ4n) is 1.72. The van der Waals surface area contributed by atoms with E-state index < -0.39 is 0 Å². The molecule has 3 heterocycles. The summed E-state index contributed by atoms with van der Waals surface area (Å²) in [5, 5.41) is 23.1. The maximum atomic E-state index is 11.9. The van der Waals surface area contributed by atoms with Gasteiger partial charge in [-0.05, 0) is 23.6 Å². The van der Waals surface area contributed by atoms with E-state index in [2.05, 4.69) is 35.9 Å². The molecular formula is C11H12N8OS. The maximum absolute atomic E-state index is 11.9. The highest BCUT2D eigenvalue weighted by molar-refractivity contribution is 7.13. The van der Waals surface area contributed by atoms with E-state index in [-0.39, 0.29) is 18.5 Å². The van der Waals surface area contributed by atoms with Gasteiger partial charge in [-0.1, -0.05) is 6.07 Å². The summed E-state index contributed by atoms with van der Waals surface area (Å²) in [6.45, 7) is 1.81. The molecule has 1 amide bonds. The van der Waals surface area contributed by atoms with Crippen molar-refractivity contribution in [1.82, 2.24) is 40.7 Å². The number of hydrogen-bond acceptors (Lipinski definition) is 7. The molecule has 3 rings (SSSR count). The van der Waals surface area contributed by atoms with Crippen molar-refractivity contribution in [2.24, 2.45) is 0 Å². The van der Waals surface area contributed by atoms with Crippen molar-refractivity contribution in [2.45, 2.75) is 19.5 Å². The molecule has 108 valence electrons. The van der Waals surface area contributed by atoms with Gasteiger partial charge in [0.1, 0.15) is 18.7 Å². The molecule has 0 bridgehead atoms. The van der Waals surface area contributed by atoms with Gasteiger partial charge >= 0.3 is 0 Å². The summed E-state index contributed by atoms with van der Waals surface area (Å²) in [5.41, 5.74) is 0. The zero-order valence-corrected chi connectivity index (χ0v) is 11.9. The summed E-state index contributed by atoms with van der Waals surface area (Å²) in [6.07, 6.45) is 1.39. The van der Waals surface area contributed by atoms with Crippen molar-refractivity contribution in [3.05, 3.63) is 29.7 Å². The lowest BCUT2D eigenvalue weighted by molar-refractivity contribution is -0.122. The third-order valence-electron chi connectivity index (χ3n) is 2.70. The average Bonchev–Trinajstić information content (AvgIpc) is 3.21. The minimum Gasteiger partial charge on any atom is -0.345 e. The summed E-state index contributed by atoms with van der Waals surface area (Å²) >= 11 is 1.52. The monoisotopic (exact) mass is 304 g/mol. The molecule has 1 atom stereocenters. The van der Waals surface area contributed by atoms with Crippen LogP contribution in [0.5, 0.6) is 0 Å². The molecule has 21 heavy (non-hydrogen) atoms. The summed E-state index contributed by atoms with van der Waals surface area (Å²) in [4.78, 5) is 18.1. The Balaban J connectivity index is 1.60. The SMILES string of the molecule is CC(NC(=O)Cn1nnc(-c2cccs2)n1)c1ncn[nH]1. The quantitative estimate of drug-likeness (QED) is 0.705. The zero-order valence-electron chi connectivity index (χ0n) is 11.1. The van der Waals surface area contributed by atoms with Crippen molar-refractivity contribution in [2.75, 3.05) is 0 Å². The van der Waals surface area contributed by atoms with Gasteiger partial charge < -0.3 is 5.32 Å². The second-order valence-electron chi connectivity index (χ2n) is 4.28. The summed E-state index contributed by atoms with van der Waals surface area (Å²) in [7, 11) is 0. The highest BCUT2D eigenvalue weighted by Crippen LogP contribution is 2.19. The van der Waals surface area contributed by atoms with Gasteiger partial charge in [-0.15, -0.1) is 21.5 Å². The van der Waals surface area contributed by atoms with Gasteiger partial charge in [0.05, 0.1) is 10.9 Å². The van der Waals surface area contributed by atoms with Gasteiger partial charge in [0.15, 0.2) is 0 Å². The van der Waals surface area contributed by atoms with Gasteiger partial charge in [-0.3, -0.25) is 9.89 Å². The first-order valence-electron chi connectivity index (χ1n) is 6.18. The fraction of sp³-hybridized carbons (Fsp3) is 0.273. The second-order valence-corrected chi connectivity index (χ2v) is 5.23. The number of thiophene rings is 1. The second kappa shape index (κ2) is 5.79. The van der Waals surface area contributed by atoms with Crippen LogP contribution in [0.15, 0.2) is 23.8 Å². The Bertz CT molecular complexity index is 705. The predicted octanol–water partition coefficient (Wildman–Crippen LogP) is 0.397. The zero-order chi connectivity index (χ0) is 14.7. The third kappa shape index (κ3) is 3.11. The van der Waals surface area contributed by atoms with Gasteiger partial charge in [0, 0.05) is 0 Å². The Morgan fingerprint density at radius 2 is 2.48 bits per heavy atom. The third-order valence-corrected chi connectivity index (χ3v) is 3.57. The number of carbonyl (C=O) groups excluding carboxylic acids is 1. The molecule has 10 heteroatoms. The van der Waals surface area contributed by atoms with E-state index in [4.69, 9.17) is 0 Å². The minimum atomic E-state index is -0.264. The van der Waals surface area contributed by atoms with Crippen LogP contribution in [-0.4, -0.2) is 41.3 Å². The summed E-state index contributed by atoms with van der Waals surface area (Å²) in [5.74, 6) is 0.879. The van der Waals surface area contributed by atoms with Crippen LogP contribution >= 0.6 is 11.3 Å². The Morgan fingerprint density at radius 1 is 1.57 bits per heavy atom. The molecule has 9 nitrogen and oxygen atoms in total. The molecule has 0 saturated carbocycles. The number of aromatic amines is 1. The van der Waals surface area contributed by atoms with Crippen molar-refractivity contribution in [3.8, 4) is 10.7 Å². The van der Waals surface area contributed by atoms with E-state index in [0.717, 1.165) is 4.88 Å². The largest absolute Gasteiger partial charge is 0.345 e. The van der Waals surface area contributed by atoms with Gasteiger partial charge in [-0.25, -0.2) is 4.98 Å². The number of nitrogens with one attached hydrogen (secondary N) is 2. The first-order chi connectivity index (χ1) is 10.2. The Kier molecular flexibility index (Phi) is 3.69. The number of tetrazole rings is 1. The molecule has 0 saturated heterocycles. The first kappa shape index (κ1) is 13.4. The lowest BCUT2D eigenvalue weighted by Gasteiger charge is -2.09. The number of H-pyrrole nitrogens is 1. The average molecular weight is 304 g/mol. The molecule has 3 aromatic heterocycles. The first-order valence-corrected chi connectivity index (χ1v) is 7.06. The van der Waals surface area contributed by atoms with Crippen LogP contribution in [0.3, 0.4) is 0 Å². The molecular weight excluding hydrogens is 292 g/mol. The number of aromatic nitrogens is 7. The topological polar surface area (TPSA) is 114 Å². The molecule has 0 spiro atoms. The van der Waals surface area contributed by atoms with Crippen LogP contribution in [0, 0.1) is 0 Å². The molecule has 0 aliphatic heterocycles. The highest BCUT2D eigenvalue weighted by atomic mass is 32.1. The van der Waals surface area contributed by atoms with Crippen LogP contribution in [-0.2, 0) is 11.3 Å². The standard InChI is InChI=1S/C11H12N8OS/c1-7(10-12-6-13-15-10)14-9(20)5-19-17-11(16-18-19)8-3-2-4-21-8/h2-4,6-7H,5H2,1H3,(H,14,20)(H,12,13,15). The van der Waals surface area contributed by atoms with Crippen LogP contribution in [0.2, 0.25) is 0 Å². The number of rotatable bonds is 5. The van der Waals surface area contributed by atoms with E-state index in [1.54, 1.807) is 0 Å². The fourth-order valence-corrected chi connectivity index (χ4v) is 2.37. The van der Waals surface area contributed by atoms with E-state index in [1.807, 2.05) is 24.4 Å².